The summed E-state index contributed by atoms with van der Waals surface area (Å²) in [6.07, 6.45) is 7.91. The van der Waals surface area contributed by atoms with Crippen LogP contribution in [0.3, 0.4) is 0 Å². The van der Waals surface area contributed by atoms with Crippen LogP contribution in [0.25, 0.3) is 11.1 Å². The van der Waals surface area contributed by atoms with E-state index in [1.54, 1.807) is 6.26 Å². The van der Waals surface area contributed by atoms with Crippen LogP contribution in [-0.4, -0.2) is 5.91 Å². The van der Waals surface area contributed by atoms with Crippen molar-refractivity contribution in [3.63, 3.8) is 0 Å². The van der Waals surface area contributed by atoms with Gasteiger partial charge in [0.1, 0.15) is 5.76 Å². The molecule has 0 atom stereocenters. The van der Waals surface area contributed by atoms with Gasteiger partial charge < -0.3 is 9.73 Å². The van der Waals surface area contributed by atoms with Crippen LogP contribution >= 0.6 is 0 Å². The Kier molecular flexibility index (Phi) is 6.86. The topological polar surface area (TPSA) is 42.2 Å². The third kappa shape index (κ3) is 5.58. The average molecular weight is 361 g/mol. The highest BCUT2D eigenvalue weighted by atomic mass is 16.3. The van der Waals surface area contributed by atoms with Gasteiger partial charge in [0.05, 0.1) is 12.8 Å². The van der Waals surface area contributed by atoms with Crippen LogP contribution < -0.4 is 5.32 Å². The monoisotopic (exact) mass is 361 g/mol. The van der Waals surface area contributed by atoms with E-state index in [9.17, 15) is 4.79 Å². The number of rotatable bonds is 9. The fourth-order valence-corrected chi connectivity index (χ4v) is 3.12. The number of amides is 1. The molecule has 1 heterocycles. The largest absolute Gasteiger partial charge is 0.467 e. The quantitative estimate of drug-likeness (QED) is 0.475. The molecule has 1 N–H and O–H groups in total. The number of carbonyl (C=O) groups is 1. The molecule has 3 aromatic rings. The first-order valence-corrected chi connectivity index (χ1v) is 9.76. The van der Waals surface area contributed by atoms with E-state index in [4.69, 9.17) is 4.42 Å². The van der Waals surface area contributed by atoms with Crippen LogP contribution in [0.2, 0.25) is 0 Å². The highest BCUT2D eigenvalue weighted by Gasteiger charge is 2.07. The van der Waals surface area contributed by atoms with Crippen molar-refractivity contribution in [3.05, 3.63) is 83.8 Å². The molecule has 0 unspecified atom stereocenters. The minimum atomic E-state index is -0.0969. The van der Waals surface area contributed by atoms with E-state index in [0.717, 1.165) is 17.7 Å². The van der Waals surface area contributed by atoms with Crippen molar-refractivity contribution in [2.75, 3.05) is 0 Å². The Morgan fingerprint density at radius 1 is 0.889 bits per heavy atom. The highest BCUT2D eigenvalue weighted by Crippen LogP contribution is 2.21. The molecule has 0 saturated carbocycles. The van der Waals surface area contributed by atoms with Gasteiger partial charge in [-0.05, 0) is 53.8 Å². The van der Waals surface area contributed by atoms with Crippen LogP contribution in [0.1, 0.15) is 54.3 Å². The molecule has 0 aliphatic heterocycles. The van der Waals surface area contributed by atoms with Crippen LogP contribution in [0.4, 0.5) is 0 Å². The van der Waals surface area contributed by atoms with Crippen LogP contribution in [-0.2, 0) is 13.0 Å². The first-order valence-electron chi connectivity index (χ1n) is 9.76. The van der Waals surface area contributed by atoms with Crippen molar-refractivity contribution in [2.24, 2.45) is 0 Å². The third-order valence-electron chi connectivity index (χ3n) is 4.76. The summed E-state index contributed by atoms with van der Waals surface area (Å²) in [6, 6.07) is 20.1. The Labute approximate surface area is 161 Å². The SMILES string of the molecule is CCCCCCc1ccc(-c2ccc(C(=O)NCc3ccco3)cc2)cc1. The molecule has 3 nitrogen and oxygen atoms in total. The lowest BCUT2D eigenvalue weighted by molar-refractivity contribution is 0.0948. The van der Waals surface area contributed by atoms with Crippen molar-refractivity contribution < 1.29 is 9.21 Å². The second kappa shape index (κ2) is 9.77. The summed E-state index contributed by atoms with van der Waals surface area (Å²) in [4.78, 5) is 12.2. The van der Waals surface area contributed by atoms with Crippen LogP contribution in [0.15, 0.2) is 71.3 Å². The Morgan fingerprint density at radius 2 is 1.59 bits per heavy atom. The molecule has 1 aromatic heterocycles. The van der Waals surface area contributed by atoms with Crippen molar-refractivity contribution >= 4 is 5.91 Å². The standard InChI is InChI=1S/C24H27NO2/c1-2-3-4-5-7-19-9-11-20(12-10-19)21-13-15-22(16-14-21)24(26)25-18-23-8-6-17-27-23/h6,8-17H,2-5,7,18H2,1H3,(H,25,26). The molecular formula is C24H27NO2. The number of furan rings is 1. The average Bonchev–Trinajstić information content (AvgIpc) is 3.24. The lowest BCUT2D eigenvalue weighted by Gasteiger charge is -2.07. The number of carbonyl (C=O) groups excluding carboxylic acids is 1. The zero-order valence-electron chi connectivity index (χ0n) is 15.9. The third-order valence-corrected chi connectivity index (χ3v) is 4.76. The predicted molar refractivity (Wildman–Crippen MR) is 110 cm³/mol. The van der Waals surface area contributed by atoms with Crippen molar-refractivity contribution in [3.8, 4) is 11.1 Å². The zero-order chi connectivity index (χ0) is 18.9. The van der Waals surface area contributed by atoms with Crippen molar-refractivity contribution in [1.29, 1.82) is 0 Å². The molecule has 0 spiro atoms. The summed E-state index contributed by atoms with van der Waals surface area (Å²) in [6.45, 7) is 2.64. The van der Waals surface area contributed by atoms with E-state index in [-0.39, 0.29) is 5.91 Å². The number of aryl methyl sites for hydroxylation is 1. The molecule has 0 radical (unpaired) electrons. The molecule has 3 rings (SSSR count). The van der Waals surface area contributed by atoms with Gasteiger partial charge in [0.25, 0.3) is 5.91 Å². The lowest BCUT2D eigenvalue weighted by Crippen LogP contribution is -2.22. The molecule has 0 bridgehead atoms. The highest BCUT2D eigenvalue weighted by molar-refractivity contribution is 5.94. The predicted octanol–water partition coefficient (Wildman–Crippen LogP) is 6.00. The normalized spacial score (nSPS) is 10.7. The molecule has 0 aliphatic carbocycles. The van der Waals surface area contributed by atoms with Gasteiger partial charge in [0.2, 0.25) is 0 Å². The van der Waals surface area contributed by atoms with Gasteiger partial charge in [0, 0.05) is 5.56 Å². The molecule has 2 aromatic carbocycles. The molecular weight excluding hydrogens is 334 g/mol. The smallest absolute Gasteiger partial charge is 0.251 e. The molecule has 27 heavy (non-hydrogen) atoms. The minimum Gasteiger partial charge on any atom is -0.467 e. The van der Waals surface area contributed by atoms with E-state index >= 15 is 0 Å². The van der Waals surface area contributed by atoms with Crippen LogP contribution in [0, 0.1) is 0 Å². The molecule has 0 aliphatic rings. The van der Waals surface area contributed by atoms with Gasteiger partial charge in [-0.25, -0.2) is 0 Å². The fourth-order valence-electron chi connectivity index (χ4n) is 3.12. The van der Waals surface area contributed by atoms with Gasteiger partial charge in [-0.3, -0.25) is 4.79 Å². The maximum absolute atomic E-state index is 12.2. The summed E-state index contributed by atoms with van der Waals surface area (Å²) in [5, 5.41) is 2.86. The van der Waals surface area contributed by atoms with Gasteiger partial charge in [-0.2, -0.15) is 0 Å². The number of benzene rings is 2. The maximum atomic E-state index is 12.2. The van der Waals surface area contributed by atoms with E-state index < -0.39 is 0 Å². The zero-order valence-corrected chi connectivity index (χ0v) is 15.9. The molecule has 0 saturated heterocycles. The summed E-state index contributed by atoms with van der Waals surface area (Å²) in [5.41, 5.74) is 4.34. The van der Waals surface area contributed by atoms with E-state index in [1.165, 1.54) is 36.8 Å². The Hall–Kier alpha value is -2.81. The second-order valence-electron chi connectivity index (χ2n) is 6.85. The van der Waals surface area contributed by atoms with Crippen molar-refractivity contribution in [2.45, 2.75) is 45.6 Å². The molecule has 0 fully saturated rings. The Bertz CT molecular complexity index is 818. The summed E-state index contributed by atoms with van der Waals surface area (Å²) in [7, 11) is 0. The van der Waals surface area contributed by atoms with E-state index in [2.05, 4.69) is 36.5 Å². The lowest BCUT2D eigenvalue weighted by atomic mass is 10.00. The van der Waals surface area contributed by atoms with Crippen molar-refractivity contribution in [1.82, 2.24) is 5.32 Å². The van der Waals surface area contributed by atoms with Gasteiger partial charge in [0.15, 0.2) is 0 Å². The van der Waals surface area contributed by atoms with E-state index in [1.807, 2.05) is 36.4 Å². The number of hydrogen-bond acceptors (Lipinski definition) is 2. The number of nitrogens with one attached hydrogen (secondary N) is 1. The molecule has 3 heteroatoms. The molecule has 1 amide bonds. The number of unbranched alkanes of at least 4 members (excludes halogenated alkanes) is 3. The Balaban J connectivity index is 1.55. The first-order chi connectivity index (χ1) is 13.3. The van der Waals surface area contributed by atoms with Gasteiger partial charge in [-0.15, -0.1) is 0 Å². The van der Waals surface area contributed by atoms with Crippen LogP contribution in [0.5, 0.6) is 0 Å². The van der Waals surface area contributed by atoms with Gasteiger partial charge in [-0.1, -0.05) is 62.6 Å². The second-order valence-corrected chi connectivity index (χ2v) is 6.85. The summed E-state index contributed by atoms with van der Waals surface area (Å²) >= 11 is 0. The van der Waals surface area contributed by atoms with Gasteiger partial charge >= 0.3 is 0 Å². The summed E-state index contributed by atoms with van der Waals surface area (Å²) < 4.78 is 5.23. The fraction of sp³-hybridized carbons (Fsp3) is 0.292. The summed E-state index contributed by atoms with van der Waals surface area (Å²) in [5.74, 6) is 0.648. The first kappa shape index (κ1) is 19.0. The minimum absolute atomic E-state index is 0.0969. The van der Waals surface area contributed by atoms with E-state index in [0.29, 0.717) is 12.1 Å². The molecule has 140 valence electrons. The Morgan fingerprint density at radius 3 is 2.22 bits per heavy atom. The maximum Gasteiger partial charge on any atom is 0.251 e. The number of hydrogen-bond donors (Lipinski definition) is 1.